The molecule has 0 aromatic carbocycles. The van der Waals surface area contributed by atoms with Crippen molar-refractivity contribution in [1.82, 2.24) is 0 Å². The minimum absolute atomic E-state index is 0.146. The predicted molar refractivity (Wildman–Crippen MR) is 44.8 cm³/mol. The molecule has 60 valence electrons. The number of rotatable bonds is 1. The molecule has 1 fully saturated rings. The molecule has 0 amide bonds. The summed E-state index contributed by atoms with van der Waals surface area (Å²) in [6.07, 6.45) is 6.57. The zero-order chi connectivity index (χ0) is 7.61. The van der Waals surface area contributed by atoms with Crippen molar-refractivity contribution in [2.45, 2.75) is 51.5 Å². The van der Waals surface area contributed by atoms with Gasteiger partial charge >= 0.3 is 0 Å². The molecule has 1 aliphatic rings. The van der Waals surface area contributed by atoms with E-state index >= 15 is 0 Å². The summed E-state index contributed by atoms with van der Waals surface area (Å²) in [6, 6.07) is 0. The molecule has 0 aromatic heterocycles. The zero-order valence-electron chi connectivity index (χ0n) is 7.19. The van der Waals surface area contributed by atoms with Crippen LogP contribution >= 0.6 is 0 Å². The van der Waals surface area contributed by atoms with Gasteiger partial charge in [-0.2, -0.15) is 0 Å². The van der Waals surface area contributed by atoms with Crippen molar-refractivity contribution in [3.05, 3.63) is 0 Å². The molecule has 2 atom stereocenters. The first-order valence-electron chi connectivity index (χ1n) is 4.45. The second kappa shape index (κ2) is 2.91. The molecule has 0 spiro atoms. The van der Waals surface area contributed by atoms with E-state index in [9.17, 15) is 0 Å². The van der Waals surface area contributed by atoms with E-state index in [4.69, 9.17) is 5.73 Å². The topological polar surface area (TPSA) is 26.0 Å². The Morgan fingerprint density at radius 3 is 2.60 bits per heavy atom. The van der Waals surface area contributed by atoms with Crippen LogP contribution < -0.4 is 5.73 Å². The average molecular weight is 141 g/mol. The van der Waals surface area contributed by atoms with Crippen molar-refractivity contribution >= 4 is 0 Å². The third-order valence-corrected chi connectivity index (χ3v) is 2.94. The van der Waals surface area contributed by atoms with Crippen molar-refractivity contribution in [2.24, 2.45) is 11.7 Å². The number of hydrogen-bond donors (Lipinski definition) is 1. The molecule has 0 aliphatic heterocycles. The van der Waals surface area contributed by atoms with E-state index in [0.29, 0.717) is 0 Å². The smallest absolute Gasteiger partial charge is 0.0154 e. The lowest BCUT2D eigenvalue weighted by Crippen LogP contribution is -2.45. The highest BCUT2D eigenvalue weighted by Gasteiger charge is 2.30. The lowest BCUT2D eigenvalue weighted by atomic mass is 9.73. The molecule has 0 heterocycles. The van der Waals surface area contributed by atoms with Crippen LogP contribution in [0.4, 0.5) is 0 Å². The predicted octanol–water partition coefficient (Wildman–Crippen LogP) is 2.30. The van der Waals surface area contributed by atoms with Gasteiger partial charge in [0.05, 0.1) is 0 Å². The Bertz CT molecular complexity index is 107. The summed E-state index contributed by atoms with van der Waals surface area (Å²) in [5, 5.41) is 0. The van der Waals surface area contributed by atoms with Crippen LogP contribution in [0.1, 0.15) is 46.0 Å². The molecule has 0 bridgehead atoms. The van der Waals surface area contributed by atoms with Gasteiger partial charge in [-0.15, -0.1) is 0 Å². The highest BCUT2D eigenvalue weighted by molar-refractivity contribution is 4.89. The lowest BCUT2D eigenvalue weighted by Gasteiger charge is -2.37. The maximum absolute atomic E-state index is 6.13. The van der Waals surface area contributed by atoms with Gasteiger partial charge in [-0.3, -0.25) is 0 Å². The molecule has 1 saturated carbocycles. The molecule has 2 unspecified atom stereocenters. The van der Waals surface area contributed by atoms with Crippen molar-refractivity contribution in [3.63, 3.8) is 0 Å². The molecular formula is C9H19N. The third-order valence-electron chi connectivity index (χ3n) is 2.94. The first-order valence-corrected chi connectivity index (χ1v) is 4.45. The zero-order valence-corrected chi connectivity index (χ0v) is 7.19. The lowest BCUT2D eigenvalue weighted by molar-refractivity contribution is 0.203. The quantitative estimate of drug-likeness (QED) is 0.595. The minimum atomic E-state index is 0.146. The monoisotopic (exact) mass is 141 g/mol. The molecule has 1 nitrogen and oxygen atoms in total. The van der Waals surface area contributed by atoms with Gasteiger partial charge in [0.1, 0.15) is 0 Å². The number of hydrogen-bond acceptors (Lipinski definition) is 1. The maximum Gasteiger partial charge on any atom is 0.0154 e. The van der Waals surface area contributed by atoms with E-state index in [1.54, 1.807) is 0 Å². The van der Waals surface area contributed by atoms with Crippen LogP contribution in [0.5, 0.6) is 0 Å². The van der Waals surface area contributed by atoms with Crippen LogP contribution in [0.3, 0.4) is 0 Å². The molecule has 10 heavy (non-hydrogen) atoms. The van der Waals surface area contributed by atoms with Gasteiger partial charge in [-0.05, 0) is 25.7 Å². The summed E-state index contributed by atoms with van der Waals surface area (Å²) in [7, 11) is 0. The third kappa shape index (κ3) is 1.51. The van der Waals surface area contributed by atoms with Gasteiger partial charge < -0.3 is 5.73 Å². The van der Waals surface area contributed by atoms with Gasteiger partial charge in [0.2, 0.25) is 0 Å². The van der Waals surface area contributed by atoms with Gasteiger partial charge in [0, 0.05) is 5.54 Å². The molecule has 1 aliphatic carbocycles. The Kier molecular flexibility index (Phi) is 2.35. The van der Waals surface area contributed by atoms with Crippen molar-refractivity contribution < 1.29 is 0 Å². The summed E-state index contributed by atoms with van der Waals surface area (Å²) in [4.78, 5) is 0. The second-order valence-corrected chi connectivity index (χ2v) is 3.86. The van der Waals surface area contributed by atoms with Crippen LogP contribution in [0, 0.1) is 5.92 Å². The molecule has 2 N–H and O–H groups in total. The van der Waals surface area contributed by atoms with Crippen LogP contribution in [-0.2, 0) is 0 Å². The highest BCUT2D eigenvalue weighted by atomic mass is 14.7. The summed E-state index contributed by atoms with van der Waals surface area (Å²) in [5.74, 6) is 0.779. The second-order valence-electron chi connectivity index (χ2n) is 3.86. The highest BCUT2D eigenvalue weighted by Crippen LogP contribution is 2.33. The first kappa shape index (κ1) is 8.06. The SMILES string of the molecule is CCC1CCCCC1(C)N. The van der Waals surface area contributed by atoms with Gasteiger partial charge in [0.25, 0.3) is 0 Å². The maximum atomic E-state index is 6.13. The van der Waals surface area contributed by atoms with Crippen LogP contribution in [0.2, 0.25) is 0 Å². The van der Waals surface area contributed by atoms with Crippen LogP contribution in [0.25, 0.3) is 0 Å². The Balaban J connectivity index is 2.51. The van der Waals surface area contributed by atoms with E-state index in [1.165, 1.54) is 32.1 Å². The van der Waals surface area contributed by atoms with Gasteiger partial charge in [0.15, 0.2) is 0 Å². The van der Waals surface area contributed by atoms with Crippen LogP contribution in [0.15, 0.2) is 0 Å². The van der Waals surface area contributed by atoms with E-state index in [2.05, 4.69) is 13.8 Å². The Hall–Kier alpha value is -0.0400. The van der Waals surface area contributed by atoms with E-state index in [0.717, 1.165) is 5.92 Å². The van der Waals surface area contributed by atoms with Gasteiger partial charge in [-0.1, -0.05) is 26.2 Å². The van der Waals surface area contributed by atoms with Crippen LogP contribution in [-0.4, -0.2) is 5.54 Å². The summed E-state index contributed by atoms with van der Waals surface area (Å²) in [6.45, 7) is 4.46. The van der Waals surface area contributed by atoms with Crippen molar-refractivity contribution in [1.29, 1.82) is 0 Å². The fourth-order valence-electron chi connectivity index (χ4n) is 2.10. The Labute approximate surface area is 64.0 Å². The summed E-state index contributed by atoms with van der Waals surface area (Å²) < 4.78 is 0. The first-order chi connectivity index (χ1) is 4.67. The Morgan fingerprint density at radius 1 is 1.50 bits per heavy atom. The molecular weight excluding hydrogens is 122 g/mol. The molecule has 1 rings (SSSR count). The molecule has 0 saturated heterocycles. The standard InChI is InChI=1S/C9H19N/c1-3-8-6-4-5-7-9(8,2)10/h8H,3-7,10H2,1-2H3. The van der Waals surface area contributed by atoms with Gasteiger partial charge in [-0.25, -0.2) is 0 Å². The molecule has 0 radical (unpaired) electrons. The number of nitrogens with two attached hydrogens (primary N) is 1. The van der Waals surface area contributed by atoms with E-state index in [1.807, 2.05) is 0 Å². The Morgan fingerprint density at radius 2 is 2.20 bits per heavy atom. The van der Waals surface area contributed by atoms with Crippen molar-refractivity contribution in [3.8, 4) is 0 Å². The molecule has 0 aromatic rings. The molecule has 1 heteroatoms. The summed E-state index contributed by atoms with van der Waals surface area (Å²) >= 11 is 0. The summed E-state index contributed by atoms with van der Waals surface area (Å²) in [5.41, 5.74) is 6.28. The largest absolute Gasteiger partial charge is 0.325 e. The van der Waals surface area contributed by atoms with Crippen molar-refractivity contribution in [2.75, 3.05) is 0 Å². The fraction of sp³-hybridized carbons (Fsp3) is 1.00. The minimum Gasteiger partial charge on any atom is -0.325 e. The normalized spacial score (nSPS) is 41.7. The van der Waals surface area contributed by atoms with E-state index in [-0.39, 0.29) is 5.54 Å². The van der Waals surface area contributed by atoms with E-state index < -0.39 is 0 Å². The average Bonchev–Trinajstić information content (AvgIpc) is 1.87. The fourth-order valence-corrected chi connectivity index (χ4v) is 2.10.